The molecule has 0 unspecified atom stereocenters. The molecule has 1 fully saturated rings. The van der Waals surface area contributed by atoms with E-state index in [0.29, 0.717) is 17.6 Å². The third kappa shape index (κ3) is 3.88. The van der Waals surface area contributed by atoms with Gasteiger partial charge in [0.15, 0.2) is 0 Å². The van der Waals surface area contributed by atoms with Gasteiger partial charge in [-0.25, -0.2) is 9.97 Å². The van der Waals surface area contributed by atoms with Crippen LogP contribution in [0.3, 0.4) is 0 Å². The number of anilines is 2. The first kappa shape index (κ1) is 16.3. The molecule has 3 aromatic rings. The summed E-state index contributed by atoms with van der Waals surface area (Å²) in [6, 6.07) is 16.0. The van der Waals surface area contributed by atoms with Gasteiger partial charge in [0, 0.05) is 35.2 Å². The Bertz CT molecular complexity index is 916. The van der Waals surface area contributed by atoms with Gasteiger partial charge in [-0.05, 0) is 43.5 Å². The molecule has 4 rings (SSSR count). The molecule has 0 aliphatic heterocycles. The van der Waals surface area contributed by atoms with Gasteiger partial charge < -0.3 is 10.6 Å². The first-order valence-corrected chi connectivity index (χ1v) is 8.74. The molecule has 5 nitrogen and oxygen atoms in total. The number of aryl methyl sites for hydroxylation is 1. The lowest BCUT2D eigenvalue weighted by Crippen LogP contribution is -2.25. The van der Waals surface area contributed by atoms with Gasteiger partial charge in [-0.2, -0.15) is 0 Å². The predicted molar refractivity (Wildman–Crippen MR) is 102 cm³/mol. The summed E-state index contributed by atoms with van der Waals surface area (Å²) in [6.45, 7) is 2.06. The number of hydrogen-bond acceptors (Lipinski definition) is 4. The molecule has 1 amide bonds. The van der Waals surface area contributed by atoms with Crippen molar-refractivity contribution >= 4 is 17.5 Å². The molecular formula is C21H20N4O. The molecule has 1 heterocycles. The summed E-state index contributed by atoms with van der Waals surface area (Å²) in [5.41, 5.74) is 4.70. The Morgan fingerprint density at radius 1 is 1.00 bits per heavy atom. The Balaban J connectivity index is 1.47. The van der Waals surface area contributed by atoms with Crippen molar-refractivity contribution in [3.8, 4) is 11.1 Å². The van der Waals surface area contributed by atoms with Crippen molar-refractivity contribution in [2.24, 2.45) is 0 Å². The molecule has 0 radical (unpaired) electrons. The number of nitrogens with zero attached hydrogens (tertiary/aromatic N) is 2. The highest BCUT2D eigenvalue weighted by Gasteiger charge is 2.23. The first-order chi connectivity index (χ1) is 12.7. The molecule has 2 aromatic carbocycles. The van der Waals surface area contributed by atoms with Crippen molar-refractivity contribution in [3.05, 3.63) is 72.1 Å². The van der Waals surface area contributed by atoms with E-state index in [2.05, 4.69) is 51.8 Å². The fourth-order valence-corrected chi connectivity index (χ4v) is 2.65. The molecule has 1 saturated carbocycles. The van der Waals surface area contributed by atoms with E-state index in [4.69, 9.17) is 0 Å². The predicted octanol–water partition coefficient (Wildman–Crippen LogP) is 4.09. The van der Waals surface area contributed by atoms with Crippen LogP contribution in [-0.2, 0) is 0 Å². The number of benzene rings is 2. The van der Waals surface area contributed by atoms with Gasteiger partial charge in [-0.15, -0.1) is 0 Å². The van der Waals surface area contributed by atoms with Crippen LogP contribution < -0.4 is 10.6 Å². The summed E-state index contributed by atoms with van der Waals surface area (Å²) in [5.74, 6) is 0.465. The molecular weight excluding hydrogens is 324 g/mol. The number of rotatable bonds is 5. The van der Waals surface area contributed by atoms with Crippen LogP contribution in [0.4, 0.5) is 11.6 Å². The van der Waals surface area contributed by atoms with Crippen molar-refractivity contribution < 1.29 is 4.79 Å². The van der Waals surface area contributed by atoms with Gasteiger partial charge >= 0.3 is 0 Å². The minimum atomic E-state index is -0.0354. The summed E-state index contributed by atoms with van der Waals surface area (Å²) in [5, 5.41) is 6.15. The van der Waals surface area contributed by atoms with E-state index < -0.39 is 0 Å². The monoisotopic (exact) mass is 344 g/mol. The molecule has 0 atom stereocenters. The highest BCUT2D eigenvalue weighted by molar-refractivity contribution is 5.95. The zero-order chi connectivity index (χ0) is 17.9. The second-order valence-corrected chi connectivity index (χ2v) is 6.61. The van der Waals surface area contributed by atoms with Crippen LogP contribution in [0, 0.1) is 6.92 Å². The third-order valence-electron chi connectivity index (χ3n) is 4.33. The standard InChI is InChI=1S/C21H20N4O/c1-14-5-7-15(8-6-14)17-12-22-21(23-13-17)25-19-4-2-3-16(11-19)20(26)24-18-9-10-18/h2-8,11-13,18H,9-10H2,1H3,(H,24,26)(H,22,23,25). The van der Waals surface area contributed by atoms with E-state index in [9.17, 15) is 4.79 Å². The Kier molecular flexibility index (Phi) is 4.35. The van der Waals surface area contributed by atoms with E-state index in [-0.39, 0.29) is 5.91 Å². The minimum absolute atomic E-state index is 0.0354. The van der Waals surface area contributed by atoms with Crippen molar-refractivity contribution in [2.75, 3.05) is 5.32 Å². The van der Waals surface area contributed by atoms with Crippen LogP contribution in [0.15, 0.2) is 60.9 Å². The Morgan fingerprint density at radius 2 is 1.73 bits per heavy atom. The van der Waals surface area contributed by atoms with Gasteiger partial charge in [-0.3, -0.25) is 4.79 Å². The summed E-state index contributed by atoms with van der Waals surface area (Å²) >= 11 is 0. The highest BCUT2D eigenvalue weighted by atomic mass is 16.1. The fraction of sp³-hybridized carbons (Fsp3) is 0.190. The maximum Gasteiger partial charge on any atom is 0.251 e. The number of hydrogen-bond donors (Lipinski definition) is 2. The van der Waals surface area contributed by atoms with Gasteiger partial charge in [0.1, 0.15) is 0 Å². The molecule has 0 bridgehead atoms. The lowest BCUT2D eigenvalue weighted by molar-refractivity contribution is 0.0951. The number of nitrogens with one attached hydrogen (secondary N) is 2. The number of carbonyl (C=O) groups is 1. The lowest BCUT2D eigenvalue weighted by atomic mass is 10.1. The van der Waals surface area contributed by atoms with Crippen LogP contribution >= 0.6 is 0 Å². The molecule has 0 spiro atoms. The average Bonchev–Trinajstić information content (AvgIpc) is 3.47. The summed E-state index contributed by atoms with van der Waals surface area (Å²) in [7, 11) is 0. The SMILES string of the molecule is Cc1ccc(-c2cnc(Nc3cccc(C(=O)NC4CC4)c3)nc2)cc1. The van der Waals surface area contributed by atoms with Crippen LogP contribution in [0.2, 0.25) is 0 Å². The van der Waals surface area contributed by atoms with Crippen molar-refractivity contribution in [1.29, 1.82) is 0 Å². The topological polar surface area (TPSA) is 66.9 Å². The van der Waals surface area contributed by atoms with Gasteiger partial charge in [0.2, 0.25) is 5.95 Å². The Labute approximate surface area is 152 Å². The first-order valence-electron chi connectivity index (χ1n) is 8.74. The molecule has 5 heteroatoms. The molecule has 26 heavy (non-hydrogen) atoms. The Hall–Kier alpha value is -3.21. The molecule has 130 valence electrons. The smallest absolute Gasteiger partial charge is 0.251 e. The zero-order valence-corrected chi connectivity index (χ0v) is 14.6. The van der Waals surface area contributed by atoms with Gasteiger partial charge in [0.05, 0.1) is 0 Å². The van der Waals surface area contributed by atoms with Crippen LogP contribution in [-0.4, -0.2) is 21.9 Å². The van der Waals surface area contributed by atoms with Gasteiger partial charge in [-0.1, -0.05) is 35.9 Å². The quantitative estimate of drug-likeness (QED) is 0.732. The lowest BCUT2D eigenvalue weighted by Gasteiger charge is -2.08. The van der Waals surface area contributed by atoms with E-state index in [0.717, 1.165) is 29.7 Å². The summed E-state index contributed by atoms with van der Waals surface area (Å²) < 4.78 is 0. The highest BCUT2D eigenvalue weighted by Crippen LogP contribution is 2.22. The summed E-state index contributed by atoms with van der Waals surface area (Å²) in [6.07, 6.45) is 5.74. The van der Waals surface area contributed by atoms with Crippen LogP contribution in [0.1, 0.15) is 28.8 Å². The molecule has 1 aliphatic rings. The largest absolute Gasteiger partial charge is 0.349 e. The minimum Gasteiger partial charge on any atom is -0.349 e. The van der Waals surface area contributed by atoms with Crippen molar-refractivity contribution in [2.45, 2.75) is 25.8 Å². The molecule has 2 N–H and O–H groups in total. The van der Waals surface area contributed by atoms with Gasteiger partial charge in [0.25, 0.3) is 5.91 Å². The second-order valence-electron chi connectivity index (χ2n) is 6.61. The normalized spacial score (nSPS) is 13.3. The molecule has 1 aliphatic carbocycles. The van der Waals surface area contributed by atoms with E-state index >= 15 is 0 Å². The average molecular weight is 344 g/mol. The third-order valence-corrected chi connectivity index (χ3v) is 4.33. The number of amides is 1. The van der Waals surface area contributed by atoms with E-state index in [1.54, 1.807) is 12.4 Å². The van der Waals surface area contributed by atoms with Crippen molar-refractivity contribution in [3.63, 3.8) is 0 Å². The molecule has 1 aromatic heterocycles. The fourth-order valence-electron chi connectivity index (χ4n) is 2.65. The second kappa shape index (κ2) is 6.96. The number of carbonyl (C=O) groups excluding carboxylic acids is 1. The zero-order valence-electron chi connectivity index (χ0n) is 14.6. The number of aromatic nitrogens is 2. The van der Waals surface area contributed by atoms with Crippen LogP contribution in [0.5, 0.6) is 0 Å². The Morgan fingerprint density at radius 3 is 2.42 bits per heavy atom. The maximum absolute atomic E-state index is 12.2. The van der Waals surface area contributed by atoms with Crippen molar-refractivity contribution in [1.82, 2.24) is 15.3 Å². The van der Waals surface area contributed by atoms with E-state index in [1.807, 2.05) is 24.3 Å². The molecule has 0 saturated heterocycles. The van der Waals surface area contributed by atoms with E-state index in [1.165, 1.54) is 5.56 Å². The maximum atomic E-state index is 12.2. The van der Waals surface area contributed by atoms with Crippen LogP contribution in [0.25, 0.3) is 11.1 Å². The summed E-state index contributed by atoms with van der Waals surface area (Å²) in [4.78, 5) is 20.9.